The van der Waals surface area contributed by atoms with Gasteiger partial charge in [-0.3, -0.25) is 9.69 Å². The summed E-state index contributed by atoms with van der Waals surface area (Å²) in [5.41, 5.74) is 2.04. The molecular weight excluding hydrogens is 353 g/mol. The first-order chi connectivity index (χ1) is 13.6. The smallest absolute Gasteiger partial charge is 0.231 e. The molecule has 0 radical (unpaired) electrons. The zero-order valence-corrected chi connectivity index (χ0v) is 16.2. The molecule has 0 unspecified atom stereocenters. The van der Waals surface area contributed by atoms with Crippen molar-refractivity contribution in [2.75, 3.05) is 39.3 Å². The van der Waals surface area contributed by atoms with Gasteiger partial charge in [-0.15, -0.1) is 0 Å². The van der Waals surface area contributed by atoms with Crippen LogP contribution in [-0.2, 0) is 17.8 Å². The first-order valence-corrected chi connectivity index (χ1v) is 10.2. The maximum atomic E-state index is 13.4. The van der Waals surface area contributed by atoms with Crippen LogP contribution in [0.3, 0.4) is 0 Å². The lowest BCUT2D eigenvalue weighted by Gasteiger charge is -2.44. The van der Waals surface area contributed by atoms with E-state index in [2.05, 4.69) is 27.2 Å². The number of carbonyl (C=O) groups excluding carboxylic acids is 1. The molecule has 4 nitrogen and oxygen atoms in total. The molecule has 148 valence electrons. The number of nitrogens with zero attached hydrogens (tertiary/aromatic N) is 2. The van der Waals surface area contributed by atoms with E-state index in [1.165, 1.54) is 17.7 Å². The lowest BCUT2D eigenvalue weighted by atomic mass is 9.75. The Morgan fingerprint density at radius 3 is 2.36 bits per heavy atom. The van der Waals surface area contributed by atoms with Crippen molar-refractivity contribution in [1.82, 2.24) is 15.1 Å². The summed E-state index contributed by atoms with van der Waals surface area (Å²) in [7, 11) is 0. The minimum atomic E-state index is -0.298. The van der Waals surface area contributed by atoms with Gasteiger partial charge in [-0.1, -0.05) is 42.5 Å². The molecule has 1 N–H and O–H groups in total. The zero-order chi connectivity index (χ0) is 19.4. The molecule has 5 heteroatoms. The van der Waals surface area contributed by atoms with Crippen LogP contribution in [0, 0.1) is 11.2 Å². The molecule has 1 amide bonds. The summed E-state index contributed by atoms with van der Waals surface area (Å²) < 4.78 is 13.1. The summed E-state index contributed by atoms with van der Waals surface area (Å²) in [4.78, 5) is 17.8. The van der Waals surface area contributed by atoms with E-state index in [0.717, 1.165) is 64.2 Å². The van der Waals surface area contributed by atoms with Crippen LogP contribution in [0.2, 0.25) is 0 Å². The molecule has 2 heterocycles. The SMILES string of the molecule is O=C(N1CCCN(Cc2ccc(F)cc2)CC1)C1(Cc2ccccc2)CNC1. The fourth-order valence-electron chi connectivity index (χ4n) is 4.28. The van der Waals surface area contributed by atoms with Crippen molar-refractivity contribution in [3.8, 4) is 0 Å². The molecular formula is C23H28FN3O. The minimum Gasteiger partial charge on any atom is -0.341 e. The van der Waals surface area contributed by atoms with E-state index in [-0.39, 0.29) is 11.2 Å². The summed E-state index contributed by atoms with van der Waals surface area (Å²) in [6.45, 7) is 5.72. The molecule has 0 bridgehead atoms. The Hall–Kier alpha value is -2.24. The number of hydrogen-bond acceptors (Lipinski definition) is 3. The van der Waals surface area contributed by atoms with Crippen molar-refractivity contribution in [3.05, 3.63) is 71.5 Å². The fourth-order valence-corrected chi connectivity index (χ4v) is 4.28. The highest BCUT2D eigenvalue weighted by Crippen LogP contribution is 2.31. The molecule has 28 heavy (non-hydrogen) atoms. The largest absolute Gasteiger partial charge is 0.341 e. The van der Waals surface area contributed by atoms with Crippen molar-refractivity contribution in [1.29, 1.82) is 0 Å². The average molecular weight is 381 g/mol. The van der Waals surface area contributed by atoms with Crippen molar-refractivity contribution in [3.63, 3.8) is 0 Å². The van der Waals surface area contributed by atoms with Gasteiger partial charge in [-0.25, -0.2) is 4.39 Å². The van der Waals surface area contributed by atoms with Crippen LogP contribution < -0.4 is 5.32 Å². The lowest BCUT2D eigenvalue weighted by molar-refractivity contribution is -0.145. The number of nitrogens with one attached hydrogen (secondary N) is 1. The zero-order valence-electron chi connectivity index (χ0n) is 16.2. The second-order valence-corrected chi connectivity index (χ2v) is 8.09. The van der Waals surface area contributed by atoms with E-state index < -0.39 is 0 Å². The van der Waals surface area contributed by atoms with E-state index in [1.54, 1.807) is 0 Å². The van der Waals surface area contributed by atoms with Crippen LogP contribution in [0.25, 0.3) is 0 Å². The first-order valence-electron chi connectivity index (χ1n) is 10.2. The molecule has 0 saturated carbocycles. The third-order valence-electron chi connectivity index (χ3n) is 5.96. The van der Waals surface area contributed by atoms with Gasteiger partial charge in [-0.2, -0.15) is 0 Å². The Bertz CT molecular complexity index is 789. The Morgan fingerprint density at radius 2 is 1.68 bits per heavy atom. The predicted octanol–water partition coefficient (Wildman–Crippen LogP) is 2.69. The summed E-state index contributed by atoms with van der Waals surface area (Å²) in [6.07, 6.45) is 1.78. The topological polar surface area (TPSA) is 35.6 Å². The predicted molar refractivity (Wildman–Crippen MR) is 108 cm³/mol. The summed E-state index contributed by atoms with van der Waals surface area (Å²) in [5, 5.41) is 3.32. The van der Waals surface area contributed by atoms with Gasteiger partial charge in [0.2, 0.25) is 5.91 Å². The molecule has 0 aliphatic carbocycles. The highest BCUT2D eigenvalue weighted by atomic mass is 19.1. The quantitative estimate of drug-likeness (QED) is 0.865. The van der Waals surface area contributed by atoms with E-state index >= 15 is 0 Å². The van der Waals surface area contributed by atoms with Gasteiger partial charge in [0.25, 0.3) is 0 Å². The fraction of sp³-hybridized carbons (Fsp3) is 0.435. The highest BCUT2D eigenvalue weighted by Gasteiger charge is 2.46. The van der Waals surface area contributed by atoms with Crippen molar-refractivity contribution in [2.24, 2.45) is 5.41 Å². The standard InChI is InChI=1S/C23H28FN3O/c24-21-9-7-20(8-10-21)16-26-11-4-12-27(14-13-26)22(28)23(17-25-18-23)15-19-5-2-1-3-6-19/h1-3,5-10,25H,4,11-18H2. The van der Waals surface area contributed by atoms with Crippen molar-refractivity contribution >= 4 is 5.91 Å². The second kappa shape index (κ2) is 8.41. The van der Waals surface area contributed by atoms with Crippen LogP contribution in [0.15, 0.2) is 54.6 Å². The van der Waals surface area contributed by atoms with E-state index in [0.29, 0.717) is 5.91 Å². The maximum absolute atomic E-state index is 13.4. The van der Waals surface area contributed by atoms with Crippen LogP contribution in [0.5, 0.6) is 0 Å². The van der Waals surface area contributed by atoms with Crippen LogP contribution in [-0.4, -0.2) is 55.0 Å². The lowest BCUT2D eigenvalue weighted by Crippen LogP contribution is -2.63. The molecule has 2 aliphatic heterocycles. The van der Waals surface area contributed by atoms with Gasteiger partial charge in [0.05, 0.1) is 5.41 Å². The molecule has 2 aromatic carbocycles. The van der Waals surface area contributed by atoms with Gasteiger partial charge < -0.3 is 10.2 Å². The Morgan fingerprint density at radius 1 is 0.929 bits per heavy atom. The summed E-state index contributed by atoms with van der Waals surface area (Å²) in [5.74, 6) is 0.0907. The molecule has 2 fully saturated rings. The van der Waals surface area contributed by atoms with Gasteiger partial charge in [0.1, 0.15) is 5.82 Å². The van der Waals surface area contributed by atoms with Gasteiger partial charge in [0.15, 0.2) is 0 Å². The Balaban J connectivity index is 1.37. The van der Waals surface area contributed by atoms with Crippen molar-refractivity contribution in [2.45, 2.75) is 19.4 Å². The second-order valence-electron chi connectivity index (χ2n) is 8.09. The highest BCUT2D eigenvalue weighted by molar-refractivity contribution is 5.84. The molecule has 2 aliphatic rings. The monoisotopic (exact) mass is 381 g/mol. The molecule has 0 atom stereocenters. The third-order valence-corrected chi connectivity index (χ3v) is 5.96. The van der Waals surface area contributed by atoms with Crippen LogP contribution in [0.1, 0.15) is 17.5 Å². The summed E-state index contributed by atoms with van der Waals surface area (Å²) >= 11 is 0. The maximum Gasteiger partial charge on any atom is 0.231 e. The molecule has 2 aromatic rings. The van der Waals surface area contributed by atoms with Gasteiger partial charge >= 0.3 is 0 Å². The number of halogens is 1. The molecule has 0 spiro atoms. The minimum absolute atomic E-state index is 0.200. The number of amides is 1. The molecule has 2 saturated heterocycles. The van der Waals surface area contributed by atoms with E-state index in [4.69, 9.17) is 0 Å². The summed E-state index contributed by atoms with van der Waals surface area (Å²) in [6, 6.07) is 17.0. The Kier molecular flexibility index (Phi) is 5.74. The van der Waals surface area contributed by atoms with Crippen molar-refractivity contribution < 1.29 is 9.18 Å². The third kappa shape index (κ3) is 4.26. The normalized spacial score (nSPS) is 19.7. The van der Waals surface area contributed by atoms with E-state index in [1.807, 2.05) is 30.3 Å². The van der Waals surface area contributed by atoms with Gasteiger partial charge in [-0.05, 0) is 36.1 Å². The molecule has 0 aromatic heterocycles. The van der Waals surface area contributed by atoms with Gasteiger partial charge in [0, 0.05) is 45.8 Å². The van der Waals surface area contributed by atoms with E-state index in [9.17, 15) is 9.18 Å². The Labute approximate surface area is 166 Å². The first kappa shape index (κ1) is 19.1. The van der Waals surface area contributed by atoms with Crippen LogP contribution >= 0.6 is 0 Å². The number of benzene rings is 2. The number of rotatable bonds is 5. The van der Waals surface area contributed by atoms with Crippen LogP contribution in [0.4, 0.5) is 4.39 Å². The molecule has 4 rings (SSSR count). The average Bonchev–Trinajstić information content (AvgIpc) is 2.92. The number of hydrogen-bond donors (Lipinski definition) is 1. The number of carbonyl (C=O) groups is 1.